The minimum atomic E-state index is 0.471. The summed E-state index contributed by atoms with van der Waals surface area (Å²) in [7, 11) is 0. The van der Waals surface area contributed by atoms with Crippen molar-refractivity contribution < 1.29 is 0 Å². The molecule has 0 fully saturated rings. The van der Waals surface area contributed by atoms with E-state index in [0.717, 1.165) is 19.3 Å². The highest BCUT2D eigenvalue weighted by Crippen LogP contribution is 2.37. The van der Waals surface area contributed by atoms with E-state index in [1.54, 1.807) is 0 Å². The molecular formula is C27H34. The van der Waals surface area contributed by atoms with Crippen LogP contribution in [0.5, 0.6) is 0 Å². The quantitative estimate of drug-likeness (QED) is 0.446. The van der Waals surface area contributed by atoms with E-state index in [-0.39, 0.29) is 0 Å². The lowest BCUT2D eigenvalue weighted by Gasteiger charge is -2.28. The van der Waals surface area contributed by atoms with Crippen LogP contribution in [0.25, 0.3) is 5.57 Å². The summed E-state index contributed by atoms with van der Waals surface area (Å²) in [5.41, 5.74) is 7.59. The highest BCUT2D eigenvalue weighted by molar-refractivity contribution is 5.66. The van der Waals surface area contributed by atoms with E-state index in [1.165, 1.54) is 47.1 Å². The van der Waals surface area contributed by atoms with Gasteiger partial charge in [0.2, 0.25) is 0 Å². The van der Waals surface area contributed by atoms with E-state index in [9.17, 15) is 0 Å². The highest BCUT2D eigenvalue weighted by atomic mass is 14.3. The van der Waals surface area contributed by atoms with Gasteiger partial charge in [-0.05, 0) is 72.1 Å². The molecule has 0 nitrogen and oxygen atoms in total. The molecule has 142 valence electrons. The summed E-state index contributed by atoms with van der Waals surface area (Å²) in [5.74, 6) is 0.522. The number of hydrogen-bond donors (Lipinski definition) is 0. The normalized spacial score (nSPS) is 17.2. The molecule has 2 aromatic carbocycles. The fourth-order valence-electron chi connectivity index (χ4n) is 3.89. The molecule has 0 radical (unpaired) electrons. The predicted octanol–water partition coefficient (Wildman–Crippen LogP) is 7.65. The Morgan fingerprint density at radius 2 is 1.70 bits per heavy atom. The van der Waals surface area contributed by atoms with Crippen molar-refractivity contribution in [2.24, 2.45) is 11.3 Å². The standard InChI is InChI=1S/C27H34/c1-21(10-11-23-8-6-5-7-9-23)22(2)20-24-12-14-25(15-13-24)26-16-18-27(3,4)19-17-26/h5-9,12-16,22H,1,10-11,17-20H2,2-4H3. The molecule has 1 aliphatic carbocycles. The first-order valence-electron chi connectivity index (χ1n) is 10.4. The Balaban J connectivity index is 1.53. The molecule has 0 heteroatoms. The predicted molar refractivity (Wildman–Crippen MR) is 119 cm³/mol. The van der Waals surface area contributed by atoms with E-state index >= 15 is 0 Å². The van der Waals surface area contributed by atoms with Crippen molar-refractivity contribution in [3.05, 3.63) is 89.5 Å². The Kier molecular flexibility index (Phi) is 6.37. The average Bonchev–Trinajstić information content (AvgIpc) is 2.67. The van der Waals surface area contributed by atoms with Crippen LogP contribution in [0.1, 0.15) is 63.1 Å². The Morgan fingerprint density at radius 3 is 2.33 bits per heavy atom. The van der Waals surface area contributed by atoms with Gasteiger partial charge in [0, 0.05) is 0 Å². The first kappa shape index (κ1) is 19.7. The molecule has 0 spiro atoms. The molecule has 0 bridgehead atoms. The van der Waals surface area contributed by atoms with Gasteiger partial charge in [-0.3, -0.25) is 0 Å². The molecule has 0 amide bonds. The first-order valence-corrected chi connectivity index (χ1v) is 10.4. The van der Waals surface area contributed by atoms with Gasteiger partial charge in [0.25, 0.3) is 0 Å². The SMILES string of the molecule is C=C(CCc1ccccc1)C(C)Cc1ccc(C2=CCC(C)(C)CC2)cc1. The number of rotatable bonds is 7. The lowest BCUT2D eigenvalue weighted by atomic mass is 9.77. The molecule has 0 saturated carbocycles. The molecule has 27 heavy (non-hydrogen) atoms. The third-order valence-electron chi connectivity index (χ3n) is 6.11. The first-order chi connectivity index (χ1) is 12.9. The topological polar surface area (TPSA) is 0 Å². The number of aryl methyl sites for hydroxylation is 1. The molecule has 0 saturated heterocycles. The van der Waals surface area contributed by atoms with E-state index in [0.29, 0.717) is 11.3 Å². The minimum absolute atomic E-state index is 0.471. The second-order valence-electron chi connectivity index (χ2n) is 9.04. The van der Waals surface area contributed by atoms with Crippen LogP contribution in [0.15, 0.2) is 72.8 Å². The minimum Gasteiger partial charge on any atom is -0.0996 e. The Morgan fingerprint density at radius 1 is 1.00 bits per heavy atom. The Labute approximate surface area is 166 Å². The van der Waals surface area contributed by atoms with Crippen molar-refractivity contribution in [1.29, 1.82) is 0 Å². The summed E-state index contributed by atoms with van der Waals surface area (Å²) in [6, 6.07) is 20.0. The summed E-state index contributed by atoms with van der Waals surface area (Å²) in [4.78, 5) is 0. The smallest absolute Gasteiger partial charge is 0.0194 e. The van der Waals surface area contributed by atoms with Gasteiger partial charge in [0.15, 0.2) is 0 Å². The second-order valence-corrected chi connectivity index (χ2v) is 9.04. The molecule has 3 rings (SSSR count). The summed E-state index contributed by atoms with van der Waals surface area (Å²) in [5, 5.41) is 0. The molecule has 1 atom stereocenters. The van der Waals surface area contributed by atoms with Crippen molar-refractivity contribution in [2.45, 2.75) is 59.3 Å². The zero-order valence-electron chi connectivity index (χ0n) is 17.3. The zero-order valence-corrected chi connectivity index (χ0v) is 17.3. The maximum Gasteiger partial charge on any atom is -0.0194 e. The van der Waals surface area contributed by atoms with Gasteiger partial charge in [0.05, 0.1) is 0 Å². The van der Waals surface area contributed by atoms with Crippen LogP contribution in [-0.4, -0.2) is 0 Å². The van der Waals surface area contributed by atoms with Crippen LogP contribution in [0, 0.1) is 11.3 Å². The molecule has 0 aromatic heterocycles. The van der Waals surface area contributed by atoms with Gasteiger partial charge in [-0.1, -0.05) is 93.6 Å². The van der Waals surface area contributed by atoms with E-state index < -0.39 is 0 Å². The number of benzene rings is 2. The summed E-state index contributed by atoms with van der Waals surface area (Å²) in [6.45, 7) is 11.4. The third-order valence-corrected chi connectivity index (χ3v) is 6.11. The third kappa shape index (κ3) is 5.70. The van der Waals surface area contributed by atoms with E-state index in [4.69, 9.17) is 0 Å². The molecule has 2 aromatic rings. The maximum absolute atomic E-state index is 4.36. The van der Waals surface area contributed by atoms with Crippen LogP contribution in [0.3, 0.4) is 0 Å². The van der Waals surface area contributed by atoms with Gasteiger partial charge in [0.1, 0.15) is 0 Å². The molecule has 1 unspecified atom stereocenters. The number of allylic oxidation sites excluding steroid dienone is 3. The van der Waals surface area contributed by atoms with E-state index in [2.05, 4.69) is 88.0 Å². The van der Waals surface area contributed by atoms with Gasteiger partial charge in [-0.15, -0.1) is 0 Å². The van der Waals surface area contributed by atoms with Crippen molar-refractivity contribution in [1.82, 2.24) is 0 Å². The van der Waals surface area contributed by atoms with E-state index in [1.807, 2.05) is 0 Å². The van der Waals surface area contributed by atoms with Crippen molar-refractivity contribution in [3.8, 4) is 0 Å². The largest absolute Gasteiger partial charge is 0.0996 e. The monoisotopic (exact) mass is 358 g/mol. The molecule has 0 aliphatic heterocycles. The molecular weight excluding hydrogens is 324 g/mol. The van der Waals surface area contributed by atoms with Crippen LogP contribution in [-0.2, 0) is 12.8 Å². The van der Waals surface area contributed by atoms with Crippen molar-refractivity contribution in [3.63, 3.8) is 0 Å². The fraction of sp³-hybridized carbons (Fsp3) is 0.407. The highest BCUT2D eigenvalue weighted by Gasteiger charge is 2.21. The Hall–Kier alpha value is -2.08. The molecule has 0 N–H and O–H groups in total. The van der Waals surface area contributed by atoms with Crippen molar-refractivity contribution in [2.75, 3.05) is 0 Å². The van der Waals surface area contributed by atoms with Crippen molar-refractivity contribution >= 4 is 5.57 Å². The summed E-state index contributed by atoms with van der Waals surface area (Å²) < 4.78 is 0. The zero-order chi connectivity index (χ0) is 19.3. The number of hydrogen-bond acceptors (Lipinski definition) is 0. The van der Waals surface area contributed by atoms with Crippen LogP contribution in [0.4, 0.5) is 0 Å². The van der Waals surface area contributed by atoms with Gasteiger partial charge in [-0.2, -0.15) is 0 Å². The van der Waals surface area contributed by atoms with Gasteiger partial charge >= 0.3 is 0 Å². The van der Waals surface area contributed by atoms with Gasteiger partial charge < -0.3 is 0 Å². The van der Waals surface area contributed by atoms with Crippen LogP contribution in [0.2, 0.25) is 0 Å². The molecule has 1 aliphatic rings. The average molecular weight is 359 g/mol. The van der Waals surface area contributed by atoms with Gasteiger partial charge in [-0.25, -0.2) is 0 Å². The second kappa shape index (κ2) is 8.74. The fourth-order valence-corrected chi connectivity index (χ4v) is 3.89. The Bertz CT molecular complexity index is 775. The van der Waals surface area contributed by atoms with Crippen LogP contribution >= 0.6 is 0 Å². The van der Waals surface area contributed by atoms with Crippen LogP contribution < -0.4 is 0 Å². The lowest BCUT2D eigenvalue weighted by molar-refractivity contribution is 0.335. The lowest BCUT2D eigenvalue weighted by Crippen LogP contribution is -2.14. The summed E-state index contributed by atoms with van der Waals surface area (Å²) in [6.07, 6.45) is 9.40. The maximum atomic E-state index is 4.36. The summed E-state index contributed by atoms with van der Waals surface area (Å²) >= 11 is 0. The molecule has 0 heterocycles.